The lowest BCUT2D eigenvalue weighted by Gasteiger charge is -2.35. The van der Waals surface area contributed by atoms with E-state index in [4.69, 9.17) is 19.2 Å². The van der Waals surface area contributed by atoms with Crippen molar-refractivity contribution in [2.75, 3.05) is 20.1 Å². The predicted molar refractivity (Wildman–Crippen MR) is 260 cm³/mol. The second-order valence-electron chi connectivity index (χ2n) is 17.9. The highest BCUT2D eigenvalue weighted by molar-refractivity contribution is 5.95. The number of carbonyl (C=O) groups excluding carboxylic acids is 3. The van der Waals surface area contributed by atoms with Gasteiger partial charge < -0.3 is 44.1 Å². The zero-order valence-corrected chi connectivity index (χ0v) is 40.0. The second-order valence-corrected chi connectivity index (χ2v) is 17.9. The summed E-state index contributed by atoms with van der Waals surface area (Å²) in [6.07, 6.45) is -0.851. The molecule has 0 saturated carbocycles. The molecule has 2 unspecified atom stereocenters. The minimum atomic E-state index is -1.91. The number of aromatic nitrogens is 5. The first-order chi connectivity index (χ1) is 34.1. The van der Waals surface area contributed by atoms with Crippen LogP contribution in [0.1, 0.15) is 104 Å². The van der Waals surface area contributed by atoms with Gasteiger partial charge in [0, 0.05) is 47.4 Å². The van der Waals surface area contributed by atoms with E-state index in [2.05, 4.69) is 15.5 Å². The third-order valence-corrected chi connectivity index (χ3v) is 13.2. The number of ether oxygens (including phenoxy) is 3. The molecule has 0 saturated heterocycles. The summed E-state index contributed by atoms with van der Waals surface area (Å²) in [7, 11) is 1.54. The number of hydrogen-bond acceptors (Lipinski definition) is 15. The number of phenols is 3. The summed E-state index contributed by atoms with van der Waals surface area (Å²) in [6.45, 7) is 9.68. The maximum absolute atomic E-state index is 14.1. The molecule has 0 bridgehead atoms. The fourth-order valence-electron chi connectivity index (χ4n) is 9.42. The molecule has 4 aromatic carbocycles. The van der Waals surface area contributed by atoms with Crippen molar-refractivity contribution in [3.05, 3.63) is 134 Å². The molecule has 3 aromatic heterocycles. The van der Waals surface area contributed by atoms with Crippen molar-refractivity contribution >= 4 is 28.7 Å². The fraction of sp³-hybridized carbons (Fsp3) is 0.302. The van der Waals surface area contributed by atoms with E-state index in [0.29, 0.717) is 63.7 Å². The van der Waals surface area contributed by atoms with Gasteiger partial charge in [0.2, 0.25) is 5.60 Å². The molecule has 2 aliphatic heterocycles. The molecule has 2 aliphatic rings. The third-order valence-electron chi connectivity index (χ3n) is 13.2. The highest BCUT2D eigenvalue weighted by atomic mass is 16.6. The molecular formula is C53H53N7O11. The number of aryl methyl sites for hydroxylation is 1. The number of benzene rings is 4. The van der Waals surface area contributed by atoms with Crippen molar-refractivity contribution in [2.45, 2.75) is 84.8 Å². The van der Waals surface area contributed by atoms with Gasteiger partial charge in [0.25, 0.3) is 11.5 Å². The lowest BCUT2D eigenvalue weighted by molar-refractivity contribution is -0.189. The predicted octanol–water partition coefficient (Wildman–Crippen LogP) is 7.24. The number of aliphatic hydroxyl groups is 1. The molecule has 366 valence electrons. The summed E-state index contributed by atoms with van der Waals surface area (Å²) in [5.41, 5.74) is 3.43. The zero-order valence-electron chi connectivity index (χ0n) is 40.0. The average molecular weight is 964 g/mol. The third kappa shape index (κ3) is 8.58. The van der Waals surface area contributed by atoms with Crippen molar-refractivity contribution in [1.82, 2.24) is 34.5 Å². The van der Waals surface area contributed by atoms with E-state index >= 15 is 0 Å². The van der Waals surface area contributed by atoms with Crippen LogP contribution < -0.4 is 15.6 Å². The van der Waals surface area contributed by atoms with Crippen molar-refractivity contribution in [1.29, 1.82) is 0 Å². The van der Waals surface area contributed by atoms with Crippen LogP contribution in [0.15, 0.2) is 89.7 Å². The number of fused-ring (bicyclic) bond motifs is 5. The Bertz CT molecular complexity index is 3310. The number of esters is 2. The number of pyridine rings is 2. The maximum Gasteiger partial charge on any atom is 0.355 e. The second kappa shape index (κ2) is 19.0. The summed E-state index contributed by atoms with van der Waals surface area (Å²) in [4.78, 5) is 61.2. The molecule has 0 spiro atoms. The average Bonchev–Trinajstić information content (AvgIpc) is 3.96. The zero-order chi connectivity index (χ0) is 50.5. The smallest absolute Gasteiger partial charge is 0.355 e. The van der Waals surface area contributed by atoms with Crippen LogP contribution in [-0.2, 0) is 44.2 Å². The Hall–Kier alpha value is -8.09. The molecule has 9 rings (SSSR count). The molecule has 5 N–H and O–H groups in total. The Labute approximate surface area is 407 Å². The van der Waals surface area contributed by atoms with E-state index in [-0.39, 0.29) is 89.9 Å². The van der Waals surface area contributed by atoms with Crippen LogP contribution in [0.3, 0.4) is 0 Å². The Morgan fingerprint density at radius 3 is 2.30 bits per heavy atom. The number of hydrogen-bond donors (Lipinski definition) is 5. The first-order valence-electron chi connectivity index (χ1n) is 23.4. The Balaban J connectivity index is 0.877. The van der Waals surface area contributed by atoms with Crippen molar-refractivity contribution < 1.29 is 49.0 Å². The van der Waals surface area contributed by atoms with Crippen LogP contribution in [0.25, 0.3) is 39.4 Å². The van der Waals surface area contributed by atoms with Crippen LogP contribution in [0.5, 0.6) is 28.7 Å². The molecular weight excluding hydrogens is 911 g/mol. The van der Waals surface area contributed by atoms with Crippen LogP contribution in [0.4, 0.5) is 0 Å². The quantitative estimate of drug-likeness (QED) is 0.0503. The van der Waals surface area contributed by atoms with Gasteiger partial charge in [0.1, 0.15) is 35.4 Å². The van der Waals surface area contributed by atoms with E-state index in [9.17, 15) is 39.6 Å². The number of aliphatic hydroxyl groups excluding tert-OH is 1. The Morgan fingerprint density at radius 2 is 1.62 bits per heavy atom. The van der Waals surface area contributed by atoms with Gasteiger partial charge in [-0.25, -0.2) is 9.78 Å². The summed E-state index contributed by atoms with van der Waals surface area (Å²) < 4.78 is 20.8. The van der Waals surface area contributed by atoms with E-state index in [1.165, 1.54) is 11.0 Å². The molecule has 18 heteroatoms. The summed E-state index contributed by atoms with van der Waals surface area (Å²) in [6, 6.07) is 22.9. The van der Waals surface area contributed by atoms with Crippen LogP contribution in [0.2, 0.25) is 0 Å². The van der Waals surface area contributed by atoms with Crippen molar-refractivity contribution in [3.63, 3.8) is 0 Å². The van der Waals surface area contributed by atoms with Gasteiger partial charge >= 0.3 is 11.9 Å². The molecule has 71 heavy (non-hydrogen) atoms. The van der Waals surface area contributed by atoms with E-state index in [0.717, 1.165) is 16.5 Å². The van der Waals surface area contributed by atoms with Crippen LogP contribution >= 0.6 is 0 Å². The number of amides is 1. The highest BCUT2D eigenvalue weighted by Gasteiger charge is 2.50. The first-order valence-corrected chi connectivity index (χ1v) is 23.4. The molecule has 7 aromatic rings. The van der Waals surface area contributed by atoms with Gasteiger partial charge in [-0.2, -0.15) is 0 Å². The van der Waals surface area contributed by atoms with Gasteiger partial charge in [-0.15, -0.1) is 10.2 Å². The molecule has 18 nitrogen and oxygen atoms in total. The summed E-state index contributed by atoms with van der Waals surface area (Å²) >= 11 is 0. The largest absolute Gasteiger partial charge is 0.508 e. The first kappa shape index (κ1) is 48.0. The van der Waals surface area contributed by atoms with Crippen molar-refractivity contribution in [2.24, 2.45) is 0 Å². The molecule has 1 amide bonds. The normalized spacial score (nSPS) is 15.2. The minimum Gasteiger partial charge on any atom is -0.508 e. The number of phenolic OH excluding ortho intramolecular Hbond substituents is 3. The van der Waals surface area contributed by atoms with Crippen LogP contribution in [0, 0.1) is 0 Å². The fourth-order valence-corrected chi connectivity index (χ4v) is 9.42. The van der Waals surface area contributed by atoms with Gasteiger partial charge in [-0.3, -0.25) is 24.3 Å². The monoisotopic (exact) mass is 963 g/mol. The summed E-state index contributed by atoms with van der Waals surface area (Å²) in [5, 5.41) is 54.8. The summed E-state index contributed by atoms with van der Waals surface area (Å²) in [5.74, 6) is -0.868. The number of carbonyl (C=O) groups is 3. The number of cyclic esters (lactones) is 1. The Morgan fingerprint density at radius 1 is 0.901 bits per heavy atom. The van der Waals surface area contributed by atoms with Gasteiger partial charge in [0.15, 0.2) is 17.9 Å². The maximum atomic E-state index is 14.1. The number of nitrogens with one attached hydrogen (secondary N) is 1. The van der Waals surface area contributed by atoms with Gasteiger partial charge in [0.05, 0.1) is 41.0 Å². The molecule has 5 heterocycles. The Kier molecular flexibility index (Phi) is 12.8. The van der Waals surface area contributed by atoms with E-state index in [1.54, 1.807) is 102 Å². The van der Waals surface area contributed by atoms with Crippen LogP contribution in [-0.4, -0.2) is 87.6 Å². The van der Waals surface area contributed by atoms with Crippen molar-refractivity contribution in [3.8, 4) is 57.2 Å². The molecule has 2 atom stereocenters. The van der Waals surface area contributed by atoms with Gasteiger partial charge in [-0.1, -0.05) is 34.6 Å². The minimum absolute atomic E-state index is 0.0190. The molecule has 0 aliphatic carbocycles. The van der Waals surface area contributed by atoms with E-state index in [1.807, 2.05) is 27.7 Å². The number of nitrogens with zero attached hydrogens (tertiary/aromatic N) is 6. The topological polar surface area (TPSA) is 241 Å². The standard InChI is InChI=1S/C53H53N7O11/c1-7-34-36-22-31(61)14-19-41(36)55-46-38(34)26-59-42(46)24-40-39(51(59)67)27-69-52(68)53(40,8-2)71-45(64)20-21-58(6)50(66)29-10-15-32(16-11-29)70-33-17-12-30(13-18-33)60-47(56-57-48(60)49(65)54-9-3)37-23-35(28(4)5)43(62)25-44(37)63/h10-19,22-25,28,49,54,61-63,65H,7-9,20-21,26-27H2,1-6H3. The SMILES string of the molecule is CCNC(O)c1nnc(-c2cc(C(C)C)c(O)cc2O)n1-c1ccc(Oc2ccc(C(=O)N(C)CCC(=O)OC3(CC)C(=O)OCc4c3cc3n(c4=O)Cc4c-3nc3ccc(O)cc3c4CC)cc2)cc1. The molecule has 0 fully saturated rings. The number of aromatic hydroxyl groups is 3. The van der Waals surface area contributed by atoms with E-state index < -0.39 is 23.8 Å². The highest BCUT2D eigenvalue weighted by Crippen LogP contribution is 2.43. The lowest BCUT2D eigenvalue weighted by atomic mass is 9.85. The van der Waals surface area contributed by atoms with Gasteiger partial charge in [-0.05, 0) is 115 Å². The number of rotatable bonds is 15. The lowest BCUT2D eigenvalue weighted by Crippen LogP contribution is -2.47. The molecule has 0 radical (unpaired) electrons.